The second-order valence-corrected chi connectivity index (χ2v) is 5.52. The van der Waals surface area contributed by atoms with Gasteiger partial charge in [0.25, 0.3) is 0 Å². The van der Waals surface area contributed by atoms with Crippen molar-refractivity contribution in [2.75, 3.05) is 32.0 Å². The zero-order valence-corrected chi connectivity index (χ0v) is 9.61. The molecule has 0 saturated carbocycles. The van der Waals surface area contributed by atoms with Crippen molar-refractivity contribution in [1.82, 2.24) is 4.31 Å². The summed E-state index contributed by atoms with van der Waals surface area (Å²) in [5.74, 6) is 0. The van der Waals surface area contributed by atoms with E-state index < -0.39 is 10.0 Å². The molecule has 1 fully saturated rings. The summed E-state index contributed by atoms with van der Waals surface area (Å²) in [4.78, 5) is 0.281. The Hall–Kier alpha value is -1.11. The molecule has 88 valence electrons. The molecule has 1 aliphatic heterocycles. The van der Waals surface area contributed by atoms with E-state index in [1.54, 1.807) is 12.1 Å². The molecule has 0 spiro atoms. The number of rotatable bonds is 2. The Morgan fingerprint density at radius 3 is 2.25 bits per heavy atom. The Kier molecular flexibility index (Phi) is 3.13. The predicted octanol–water partition coefficient (Wildman–Crippen LogP) is 0.290. The summed E-state index contributed by atoms with van der Waals surface area (Å²) in [5, 5.41) is 0. The third kappa shape index (κ3) is 2.18. The first-order valence-electron chi connectivity index (χ1n) is 5.04. The Bertz CT molecular complexity index is 449. The van der Waals surface area contributed by atoms with Gasteiger partial charge in [0.15, 0.2) is 0 Å². The van der Waals surface area contributed by atoms with Crippen molar-refractivity contribution in [3.63, 3.8) is 0 Å². The number of ether oxygens (including phenoxy) is 1. The van der Waals surface area contributed by atoms with Crippen molar-refractivity contribution in [1.29, 1.82) is 0 Å². The largest absolute Gasteiger partial charge is 0.399 e. The van der Waals surface area contributed by atoms with Gasteiger partial charge >= 0.3 is 0 Å². The number of hydrogen-bond donors (Lipinski definition) is 1. The highest BCUT2D eigenvalue weighted by Crippen LogP contribution is 2.17. The van der Waals surface area contributed by atoms with Gasteiger partial charge in [-0.15, -0.1) is 0 Å². The van der Waals surface area contributed by atoms with Crippen molar-refractivity contribution in [2.45, 2.75) is 4.90 Å². The summed E-state index contributed by atoms with van der Waals surface area (Å²) < 4.78 is 30.8. The summed E-state index contributed by atoms with van der Waals surface area (Å²) in [7, 11) is -3.38. The molecule has 1 saturated heterocycles. The number of benzene rings is 1. The van der Waals surface area contributed by atoms with Crippen LogP contribution < -0.4 is 5.73 Å². The molecule has 0 unspecified atom stereocenters. The molecule has 1 aliphatic rings. The van der Waals surface area contributed by atoms with E-state index in [9.17, 15) is 8.42 Å². The lowest BCUT2D eigenvalue weighted by atomic mass is 10.3. The van der Waals surface area contributed by atoms with E-state index in [1.807, 2.05) is 0 Å². The van der Waals surface area contributed by atoms with Crippen LogP contribution in [0.15, 0.2) is 29.2 Å². The maximum Gasteiger partial charge on any atom is 0.243 e. The minimum Gasteiger partial charge on any atom is -0.399 e. The standard InChI is InChI=1S/C10H14N2O3S/c11-9-1-3-10(4-2-9)16(13,14)12-5-7-15-8-6-12/h1-4H,5-8,11H2. The van der Waals surface area contributed by atoms with Crippen LogP contribution in [0.4, 0.5) is 5.69 Å². The summed E-state index contributed by atoms with van der Waals surface area (Å²) in [6.07, 6.45) is 0. The number of hydrogen-bond acceptors (Lipinski definition) is 4. The first-order chi connectivity index (χ1) is 7.60. The molecule has 1 aromatic carbocycles. The number of morpholine rings is 1. The van der Waals surface area contributed by atoms with Gasteiger partial charge in [0.2, 0.25) is 10.0 Å². The van der Waals surface area contributed by atoms with Gasteiger partial charge < -0.3 is 10.5 Å². The second-order valence-electron chi connectivity index (χ2n) is 3.59. The van der Waals surface area contributed by atoms with Crippen molar-refractivity contribution in [3.05, 3.63) is 24.3 Å². The molecule has 16 heavy (non-hydrogen) atoms. The highest BCUT2D eigenvalue weighted by Gasteiger charge is 2.25. The second kappa shape index (κ2) is 4.40. The van der Waals surface area contributed by atoms with Crippen molar-refractivity contribution < 1.29 is 13.2 Å². The van der Waals surface area contributed by atoms with Gasteiger partial charge in [0.1, 0.15) is 0 Å². The van der Waals surface area contributed by atoms with Crippen LogP contribution in [-0.4, -0.2) is 39.0 Å². The number of nitrogen functional groups attached to an aromatic ring is 1. The molecule has 1 aromatic rings. The molecule has 0 atom stereocenters. The van der Waals surface area contributed by atoms with E-state index in [4.69, 9.17) is 10.5 Å². The summed E-state index contributed by atoms with van der Waals surface area (Å²) in [5.41, 5.74) is 6.08. The van der Waals surface area contributed by atoms with Crippen LogP contribution in [0.3, 0.4) is 0 Å². The van der Waals surface area contributed by atoms with Crippen LogP contribution in [0.5, 0.6) is 0 Å². The summed E-state index contributed by atoms with van der Waals surface area (Å²) in [6, 6.07) is 6.24. The van der Waals surface area contributed by atoms with E-state index in [2.05, 4.69) is 0 Å². The average Bonchev–Trinajstić information content (AvgIpc) is 2.31. The zero-order valence-electron chi connectivity index (χ0n) is 8.80. The maximum atomic E-state index is 12.1. The van der Waals surface area contributed by atoms with Crippen LogP contribution in [0.1, 0.15) is 0 Å². The monoisotopic (exact) mass is 242 g/mol. The highest BCUT2D eigenvalue weighted by molar-refractivity contribution is 7.89. The predicted molar refractivity (Wildman–Crippen MR) is 60.4 cm³/mol. The van der Waals surface area contributed by atoms with Gasteiger partial charge in [0, 0.05) is 18.8 Å². The SMILES string of the molecule is Nc1ccc(S(=O)(=O)N2CCOCC2)cc1. The molecule has 0 aliphatic carbocycles. The van der Waals surface area contributed by atoms with Gasteiger partial charge in [-0.3, -0.25) is 0 Å². The smallest absolute Gasteiger partial charge is 0.243 e. The van der Waals surface area contributed by atoms with Crippen molar-refractivity contribution in [3.8, 4) is 0 Å². The number of sulfonamides is 1. The van der Waals surface area contributed by atoms with Crippen LogP contribution >= 0.6 is 0 Å². The average molecular weight is 242 g/mol. The topological polar surface area (TPSA) is 72.6 Å². The zero-order chi connectivity index (χ0) is 11.6. The molecule has 6 heteroatoms. The Morgan fingerprint density at radius 2 is 1.69 bits per heavy atom. The van der Waals surface area contributed by atoms with Crippen molar-refractivity contribution >= 4 is 15.7 Å². The molecule has 0 radical (unpaired) electrons. The van der Waals surface area contributed by atoms with E-state index in [0.717, 1.165) is 0 Å². The Morgan fingerprint density at radius 1 is 1.12 bits per heavy atom. The van der Waals surface area contributed by atoms with Crippen LogP contribution in [0, 0.1) is 0 Å². The van der Waals surface area contributed by atoms with E-state index >= 15 is 0 Å². The first kappa shape index (κ1) is 11.4. The van der Waals surface area contributed by atoms with E-state index in [1.165, 1.54) is 16.4 Å². The molecule has 2 rings (SSSR count). The molecule has 1 heterocycles. The first-order valence-corrected chi connectivity index (χ1v) is 6.48. The molecule has 5 nitrogen and oxygen atoms in total. The normalized spacial score (nSPS) is 18.5. The van der Waals surface area contributed by atoms with Crippen LogP contribution in [0.25, 0.3) is 0 Å². The number of anilines is 1. The van der Waals surface area contributed by atoms with Gasteiger partial charge in [-0.05, 0) is 24.3 Å². The van der Waals surface area contributed by atoms with Gasteiger partial charge in [0.05, 0.1) is 18.1 Å². The molecule has 0 bridgehead atoms. The summed E-state index contributed by atoms with van der Waals surface area (Å²) in [6.45, 7) is 1.72. The Balaban J connectivity index is 2.27. The minimum absolute atomic E-state index is 0.281. The third-order valence-electron chi connectivity index (χ3n) is 2.49. The van der Waals surface area contributed by atoms with E-state index in [0.29, 0.717) is 32.0 Å². The molecule has 2 N–H and O–H groups in total. The van der Waals surface area contributed by atoms with Crippen LogP contribution in [-0.2, 0) is 14.8 Å². The fraction of sp³-hybridized carbons (Fsp3) is 0.400. The third-order valence-corrected chi connectivity index (χ3v) is 4.40. The quantitative estimate of drug-likeness (QED) is 0.757. The van der Waals surface area contributed by atoms with Gasteiger partial charge in [-0.2, -0.15) is 4.31 Å². The summed E-state index contributed by atoms with van der Waals surface area (Å²) >= 11 is 0. The molecule has 0 amide bonds. The Labute approximate surface area is 94.9 Å². The lowest BCUT2D eigenvalue weighted by molar-refractivity contribution is 0.0730. The van der Waals surface area contributed by atoms with Gasteiger partial charge in [-0.25, -0.2) is 8.42 Å². The fourth-order valence-electron chi connectivity index (χ4n) is 1.58. The minimum atomic E-state index is -3.38. The lowest BCUT2D eigenvalue weighted by Crippen LogP contribution is -2.40. The van der Waals surface area contributed by atoms with Crippen LogP contribution in [0.2, 0.25) is 0 Å². The van der Waals surface area contributed by atoms with Gasteiger partial charge in [-0.1, -0.05) is 0 Å². The molecule has 0 aromatic heterocycles. The van der Waals surface area contributed by atoms with Crippen molar-refractivity contribution in [2.24, 2.45) is 0 Å². The molecular formula is C10H14N2O3S. The molecular weight excluding hydrogens is 228 g/mol. The fourth-order valence-corrected chi connectivity index (χ4v) is 2.98. The van der Waals surface area contributed by atoms with E-state index in [-0.39, 0.29) is 4.90 Å². The lowest BCUT2D eigenvalue weighted by Gasteiger charge is -2.26. The number of nitrogens with two attached hydrogens (primary N) is 1. The number of nitrogens with zero attached hydrogens (tertiary/aromatic N) is 1. The highest BCUT2D eigenvalue weighted by atomic mass is 32.2. The maximum absolute atomic E-state index is 12.1.